The van der Waals surface area contributed by atoms with E-state index in [9.17, 15) is 14.5 Å². The molecule has 106 valence electrons. The van der Waals surface area contributed by atoms with Crippen molar-refractivity contribution in [1.29, 1.82) is 0 Å². The Balaban J connectivity index is 3.40. The number of Topliss-reactive ketones (excluding diaryl/α,β-unsaturated/α-hetero) is 2. The van der Waals surface area contributed by atoms with Crippen molar-refractivity contribution in [3.05, 3.63) is 16.2 Å². The molecule has 0 fully saturated rings. The van der Waals surface area contributed by atoms with E-state index in [0.717, 1.165) is 0 Å². The number of methoxy groups -OCH3 is 1. The number of rotatable bonds is 4. The van der Waals surface area contributed by atoms with Gasteiger partial charge < -0.3 is 4.74 Å². The average molecular weight is 267 g/mol. The molecule has 2 unspecified atom stereocenters. The second-order valence-corrected chi connectivity index (χ2v) is 5.83. The second-order valence-electron chi connectivity index (χ2n) is 5.83. The summed E-state index contributed by atoms with van der Waals surface area (Å²) in [5.74, 6) is -1.42. The predicted molar refractivity (Wildman–Crippen MR) is 71.4 cm³/mol. The van der Waals surface area contributed by atoms with Gasteiger partial charge in [0, 0.05) is 5.57 Å². The fourth-order valence-corrected chi connectivity index (χ4v) is 2.72. The van der Waals surface area contributed by atoms with E-state index in [0.29, 0.717) is 11.3 Å². The third kappa shape index (κ3) is 2.33. The zero-order valence-electron chi connectivity index (χ0n) is 12.3. The molecule has 0 aliphatic heterocycles. The first kappa shape index (κ1) is 15.5. The van der Waals surface area contributed by atoms with E-state index in [-0.39, 0.29) is 17.5 Å². The molecule has 0 aromatic rings. The molecule has 2 atom stereocenters. The first-order chi connectivity index (χ1) is 8.69. The lowest BCUT2D eigenvalue weighted by Crippen LogP contribution is -2.48. The van der Waals surface area contributed by atoms with Crippen molar-refractivity contribution in [2.45, 2.75) is 40.7 Å². The van der Waals surface area contributed by atoms with E-state index in [2.05, 4.69) is 5.18 Å². The largest absolute Gasteiger partial charge is 0.500 e. The Morgan fingerprint density at radius 2 is 1.79 bits per heavy atom. The first-order valence-corrected chi connectivity index (χ1v) is 6.36. The molecule has 1 rings (SSSR count). The van der Waals surface area contributed by atoms with Crippen LogP contribution in [-0.2, 0) is 14.3 Å². The van der Waals surface area contributed by atoms with Gasteiger partial charge in [-0.05, 0) is 26.7 Å². The highest BCUT2D eigenvalue weighted by molar-refractivity contribution is 6.16. The van der Waals surface area contributed by atoms with Crippen molar-refractivity contribution in [3.8, 4) is 0 Å². The summed E-state index contributed by atoms with van der Waals surface area (Å²) in [4.78, 5) is 35.9. The molecular formula is C14H21NO4. The molecule has 0 N–H and O–H groups in total. The molecule has 0 saturated heterocycles. The molecule has 1 aliphatic rings. The molecule has 1 aliphatic carbocycles. The van der Waals surface area contributed by atoms with Gasteiger partial charge in [0.05, 0.1) is 12.5 Å². The van der Waals surface area contributed by atoms with Crippen LogP contribution in [0.15, 0.2) is 16.5 Å². The van der Waals surface area contributed by atoms with Crippen LogP contribution >= 0.6 is 0 Å². The highest BCUT2D eigenvalue weighted by Crippen LogP contribution is 2.41. The van der Waals surface area contributed by atoms with Crippen molar-refractivity contribution in [2.24, 2.45) is 22.4 Å². The van der Waals surface area contributed by atoms with Gasteiger partial charge in [-0.15, -0.1) is 0 Å². The van der Waals surface area contributed by atoms with Gasteiger partial charge in [-0.1, -0.05) is 19.0 Å². The standard InChI is InChI=1S/C14H21NO4/c1-7(2)10(15-18)9-11(16)8(3)13(19-6)14(4,5)12(9)17/h7,9-10H,1-6H3. The van der Waals surface area contributed by atoms with Gasteiger partial charge in [0.1, 0.15) is 17.7 Å². The predicted octanol–water partition coefficient (Wildman–Crippen LogP) is 2.49. The highest BCUT2D eigenvalue weighted by Gasteiger charge is 2.51. The van der Waals surface area contributed by atoms with Crippen molar-refractivity contribution in [3.63, 3.8) is 0 Å². The number of hydrogen-bond donors (Lipinski definition) is 0. The Labute approximate surface area is 113 Å². The Morgan fingerprint density at radius 1 is 1.26 bits per heavy atom. The topological polar surface area (TPSA) is 72.8 Å². The van der Waals surface area contributed by atoms with Gasteiger partial charge >= 0.3 is 0 Å². The van der Waals surface area contributed by atoms with E-state index in [1.807, 2.05) is 0 Å². The maximum absolute atomic E-state index is 12.5. The van der Waals surface area contributed by atoms with Crippen molar-refractivity contribution in [2.75, 3.05) is 7.11 Å². The molecule has 0 aromatic carbocycles. The molecule has 0 spiro atoms. The van der Waals surface area contributed by atoms with Gasteiger partial charge in [-0.25, -0.2) is 0 Å². The maximum atomic E-state index is 12.5. The third-order valence-corrected chi connectivity index (χ3v) is 3.81. The summed E-state index contributed by atoms with van der Waals surface area (Å²) in [5.41, 5.74) is -0.499. The molecule has 0 radical (unpaired) electrons. The van der Waals surface area contributed by atoms with Crippen molar-refractivity contribution >= 4 is 11.6 Å². The summed E-state index contributed by atoms with van der Waals surface area (Å²) in [7, 11) is 1.44. The number of nitrogens with zero attached hydrogens (tertiary/aromatic N) is 1. The Kier molecular flexibility index (Phi) is 4.28. The van der Waals surface area contributed by atoms with Gasteiger partial charge in [0.25, 0.3) is 0 Å². The minimum Gasteiger partial charge on any atom is -0.500 e. The van der Waals surface area contributed by atoms with Crippen molar-refractivity contribution < 1.29 is 14.3 Å². The van der Waals surface area contributed by atoms with Crippen molar-refractivity contribution in [1.82, 2.24) is 0 Å². The van der Waals surface area contributed by atoms with E-state index in [1.54, 1.807) is 34.6 Å². The number of allylic oxidation sites excluding steroid dienone is 2. The smallest absolute Gasteiger partial charge is 0.174 e. The van der Waals surface area contributed by atoms with Crippen LogP contribution in [0.5, 0.6) is 0 Å². The summed E-state index contributed by atoms with van der Waals surface area (Å²) >= 11 is 0. The minimum absolute atomic E-state index is 0.164. The minimum atomic E-state index is -0.994. The van der Waals surface area contributed by atoms with Gasteiger partial charge in [-0.3, -0.25) is 9.59 Å². The zero-order chi connectivity index (χ0) is 15.0. The molecule has 0 bridgehead atoms. The lowest BCUT2D eigenvalue weighted by molar-refractivity contribution is -0.140. The van der Waals surface area contributed by atoms with E-state index in [1.165, 1.54) is 7.11 Å². The summed E-state index contributed by atoms with van der Waals surface area (Å²) in [5, 5.41) is 3.01. The quantitative estimate of drug-likeness (QED) is 0.579. The maximum Gasteiger partial charge on any atom is 0.174 e. The summed E-state index contributed by atoms with van der Waals surface area (Å²) < 4.78 is 5.21. The number of hydrogen-bond acceptors (Lipinski definition) is 5. The molecule has 5 heteroatoms. The molecule has 0 aromatic heterocycles. The molecular weight excluding hydrogens is 246 g/mol. The van der Waals surface area contributed by atoms with Gasteiger partial charge in [-0.2, -0.15) is 4.91 Å². The number of carbonyl (C=O) groups excluding carboxylic acids is 2. The molecule has 0 amide bonds. The lowest BCUT2D eigenvalue weighted by Gasteiger charge is -2.37. The third-order valence-electron chi connectivity index (χ3n) is 3.81. The molecule has 19 heavy (non-hydrogen) atoms. The molecule has 0 heterocycles. The van der Waals surface area contributed by atoms with Crippen LogP contribution in [0.4, 0.5) is 0 Å². The van der Waals surface area contributed by atoms with Crippen LogP contribution < -0.4 is 0 Å². The van der Waals surface area contributed by atoms with Crippen LogP contribution in [0.2, 0.25) is 0 Å². The monoisotopic (exact) mass is 267 g/mol. The average Bonchev–Trinajstić information content (AvgIpc) is 2.32. The number of ether oxygens (including phenoxy) is 1. The van der Waals surface area contributed by atoms with Gasteiger partial charge in [0.15, 0.2) is 11.6 Å². The number of carbonyl (C=O) groups is 2. The molecule has 0 saturated carbocycles. The number of ketones is 2. The Bertz CT molecular complexity index is 448. The molecule has 5 nitrogen and oxygen atoms in total. The highest BCUT2D eigenvalue weighted by atomic mass is 16.5. The van der Waals surface area contributed by atoms with Crippen LogP contribution in [0, 0.1) is 22.2 Å². The van der Waals surface area contributed by atoms with Crippen LogP contribution in [0.3, 0.4) is 0 Å². The lowest BCUT2D eigenvalue weighted by atomic mass is 9.67. The Morgan fingerprint density at radius 3 is 2.16 bits per heavy atom. The fraction of sp³-hybridized carbons (Fsp3) is 0.714. The van der Waals surface area contributed by atoms with Crippen LogP contribution in [0.1, 0.15) is 34.6 Å². The summed E-state index contributed by atoms with van der Waals surface area (Å²) in [6.45, 7) is 8.61. The first-order valence-electron chi connectivity index (χ1n) is 6.36. The Hall–Kier alpha value is -1.52. The van der Waals surface area contributed by atoms with Crippen LogP contribution in [0.25, 0.3) is 0 Å². The zero-order valence-corrected chi connectivity index (χ0v) is 12.3. The second kappa shape index (κ2) is 5.23. The van der Waals surface area contributed by atoms with E-state index in [4.69, 9.17) is 4.74 Å². The van der Waals surface area contributed by atoms with Gasteiger partial charge in [0.2, 0.25) is 0 Å². The number of nitroso groups, excluding NO2 is 1. The normalized spacial score (nSPS) is 24.7. The van der Waals surface area contributed by atoms with E-state index >= 15 is 0 Å². The fourth-order valence-electron chi connectivity index (χ4n) is 2.72. The van der Waals surface area contributed by atoms with E-state index < -0.39 is 17.4 Å². The SMILES string of the molecule is COC1=C(C)C(=O)C(C(N=O)C(C)C)C(=O)C1(C)C. The van der Waals surface area contributed by atoms with Crippen LogP contribution in [-0.4, -0.2) is 24.7 Å². The summed E-state index contributed by atoms with van der Waals surface area (Å²) in [6, 6.07) is -0.826. The summed E-state index contributed by atoms with van der Waals surface area (Å²) in [6.07, 6.45) is 0.